The van der Waals surface area contributed by atoms with E-state index in [1.807, 2.05) is 6.07 Å². The summed E-state index contributed by atoms with van der Waals surface area (Å²) in [7, 11) is 1.58. The number of aliphatic hydroxyl groups is 1. The van der Waals surface area contributed by atoms with Crippen molar-refractivity contribution in [3.63, 3.8) is 0 Å². The second-order valence-corrected chi connectivity index (χ2v) is 6.90. The first-order chi connectivity index (χ1) is 13.4. The van der Waals surface area contributed by atoms with Gasteiger partial charge in [-0.3, -0.25) is 9.59 Å². The molecule has 2 aromatic carbocycles. The average Bonchev–Trinajstić information content (AvgIpc) is 2.71. The summed E-state index contributed by atoms with van der Waals surface area (Å²) in [5.41, 5.74) is 1.17. The maximum Gasteiger partial charge on any atom is 0.309 e. The van der Waals surface area contributed by atoms with Gasteiger partial charge in [-0.15, -0.1) is 0 Å². The molecule has 0 aliphatic heterocycles. The Morgan fingerprint density at radius 2 is 1.86 bits per heavy atom. The zero-order valence-corrected chi connectivity index (χ0v) is 15.6. The molecule has 1 atom stereocenters. The third-order valence-corrected chi connectivity index (χ3v) is 4.96. The fourth-order valence-electron chi connectivity index (χ4n) is 3.42. The molecule has 1 aliphatic rings. The highest BCUT2D eigenvalue weighted by Gasteiger charge is 2.35. The van der Waals surface area contributed by atoms with Crippen LogP contribution in [0.3, 0.4) is 0 Å². The number of nitrogens with one attached hydrogen (secondary N) is 2. The van der Waals surface area contributed by atoms with Gasteiger partial charge in [-0.2, -0.15) is 0 Å². The van der Waals surface area contributed by atoms with E-state index in [4.69, 9.17) is 4.74 Å². The molecule has 3 rings (SSSR count). The number of halogens is 1. The third-order valence-electron chi connectivity index (χ3n) is 4.96. The topological polar surface area (TPSA) is 87.7 Å². The molecular formula is C21H23FN2O4. The number of benzene rings is 2. The number of ether oxygens (including phenoxy) is 1. The lowest BCUT2D eigenvalue weighted by atomic mass is 9.79. The van der Waals surface area contributed by atoms with Gasteiger partial charge in [0.2, 0.25) is 0 Å². The number of aryl methyl sites for hydroxylation is 1. The van der Waals surface area contributed by atoms with Gasteiger partial charge in [-0.05, 0) is 60.2 Å². The monoisotopic (exact) mass is 386 g/mol. The summed E-state index contributed by atoms with van der Waals surface area (Å²) in [5.74, 6) is -1.28. The Kier molecular flexibility index (Phi) is 5.94. The maximum absolute atomic E-state index is 12.9. The molecule has 1 aliphatic carbocycles. The zero-order chi connectivity index (χ0) is 20.1. The number of fused-ring (bicyclic) bond motifs is 1. The van der Waals surface area contributed by atoms with Gasteiger partial charge in [0, 0.05) is 6.54 Å². The number of carbonyl (C=O) groups is 2. The second-order valence-electron chi connectivity index (χ2n) is 6.90. The van der Waals surface area contributed by atoms with E-state index in [-0.39, 0.29) is 18.9 Å². The Labute approximate surface area is 162 Å². The normalized spacial score (nSPS) is 18.1. The molecule has 3 N–H and O–H groups in total. The van der Waals surface area contributed by atoms with Crippen LogP contribution in [-0.2, 0) is 28.2 Å². The lowest BCUT2D eigenvalue weighted by Gasteiger charge is -2.34. The summed E-state index contributed by atoms with van der Waals surface area (Å²) in [6.45, 7) is 0.0502. The van der Waals surface area contributed by atoms with Crippen molar-refractivity contribution in [2.75, 3.05) is 13.7 Å². The van der Waals surface area contributed by atoms with E-state index in [1.54, 1.807) is 19.2 Å². The van der Waals surface area contributed by atoms with Crippen LogP contribution in [0.2, 0.25) is 0 Å². The third kappa shape index (κ3) is 4.48. The molecule has 0 unspecified atom stereocenters. The van der Waals surface area contributed by atoms with Crippen molar-refractivity contribution in [1.82, 2.24) is 10.6 Å². The minimum Gasteiger partial charge on any atom is -0.497 e. The Morgan fingerprint density at radius 3 is 2.57 bits per heavy atom. The van der Waals surface area contributed by atoms with Gasteiger partial charge in [0.15, 0.2) is 0 Å². The van der Waals surface area contributed by atoms with Crippen LogP contribution in [0.5, 0.6) is 5.75 Å². The number of carbonyl (C=O) groups excluding carboxylic acids is 2. The van der Waals surface area contributed by atoms with Gasteiger partial charge in [-0.1, -0.05) is 18.2 Å². The summed E-state index contributed by atoms with van der Waals surface area (Å²) in [4.78, 5) is 24.1. The Hall–Kier alpha value is -2.93. The first-order valence-corrected chi connectivity index (χ1v) is 9.11. The highest BCUT2D eigenvalue weighted by Crippen LogP contribution is 2.36. The second kappa shape index (κ2) is 8.39. The zero-order valence-electron chi connectivity index (χ0n) is 15.6. The SMILES string of the molecule is COc1ccc2c(c1)CCC[C@@]2(O)CNC(=O)C(=O)NCc1ccc(F)cc1. The lowest BCUT2D eigenvalue weighted by Crippen LogP contribution is -2.47. The van der Waals surface area contributed by atoms with Crippen LogP contribution in [-0.4, -0.2) is 30.6 Å². The van der Waals surface area contributed by atoms with E-state index in [9.17, 15) is 19.1 Å². The molecule has 0 fully saturated rings. The van der Waals surface area contributed by atoms with Crippen LogP contribution in [0.4, 0.5) is 4.39 Å². The Morgan fingerprint density at radius 1 is 1.14 bits per heavy atom. The molecule has 0 aromatic heterocycles. The first kappa shape index (κ1) is 19.8. The highest BCUT2D eigenvalue weighted by atomic mass is 19.1. The summed E-state index contributed by atoms with van der Waals surface area (Å²) < 4.78 is 18.1. The Balaban J connectivity index is 1.58. The summed E-state index contributed by atoms with van der Waals surface area (Å²) in [6.07, 6.45) is 2.08. The van der Waals surface area contributed by atoms with Gasteiger partial charge in [0.25, 0.3) is 0 Å². The minimum absolute atomic E-state index is 0.0604. The molecule has 2 amide bonds. The van der Waals surface area contributed by atoms with Crippen molar-refractivity contribution in [2.24, 2.45) is 0 Å². The molecule has 0 saturated heterocycles. The van der Waals surface area contributed by atoms with Gasteiger partial charge >= 0.3 is 11.8 Å². The van der Waals surface area contributed by atoms with Gasteiger partial charge in [-0.25, -0.2) is 4.39 Å². The highest BCUT2D eigenvalue weighted by molar-refractivity contribution is 6.35. The number of hydrogen-bond acceptors (Lipinski definition) is 4. The standard InChI is InChI=1S/C21H23FN2O4/c1-28-17-8-9-18-15(11-17)3-2-10-21(18,27)13-24-20(26)19(25)23-12-14-4-6-16(22)7-5-14/h4-9,11,27H,2-3,10,12-13H2,1H3,(H,23,25)(H,24,26)/t21-/m1/s1. The summed E-state index contributed by atoms with van der Waals surface area (Å²) in [6, 6.07) is 11.1. The van der Waals surface area contributed by atoms with Crippen molar-refractivity contribution in [3.05, 3.63) is 65.0 Å². The van der Waals surface area contributed by atoms with Crippen molar-refractivity contribution in [3.8, 4) is 5.75 Å². The molecule has 7 heteroatoms. The molecule has 28 heavy (non-hydrogen) atoms. The van der Waals surface area contributed by atoms with Crippen molar-refractivity contribution in [2.45, 2.75) is 31.4 Å². The average molecular weight is 386 g/mol. The molecular weight excluding hydrogens is 363 g/mol. The molecule has 148 valence electrons. The molecule has 0 bridgehead atoms. The quantitative estimate of drug-likeness (QED) is 0.684. The van der Waals surface area contributed by atoms with Crippen LogP contribution in [0.1, 0.15) is 29.5 Å². The van der Waals surface area contributed by atoms with Crippen LogP contribution in [0, 0.1) is 5.82 Å². The number of hydrogen-bond donors (Lipinski definition) is 3. The van der Waals surface area contributed by atoms with Crippen molar-refractivity contribution >= 4 is 11.8 Å². The molecule has 2 aromatic rings. The lowest BCUT2D eigenvalue weighted by molar-refractivity contribution is -0.140. The molecule has 0 saturated carbocycles. The van der Waals surface area contributed by atoms with E-state index in [1.165, 1.54) is 24.3 Å². The van der Waals surface area contributed by atoms with Crippen LogP contribution < -0.4 is 15.4 Å². The molecule has 0 radical (unpaired) electrons. The van der Waals surface area contributed by atoms with E-state index in [0.29, 0.717) is 17.7 Å². The van der Waals surface area contributed by atoms with Crippen LogP contribution in [0.15, 0.2) is 42.5 Å². The molecule has 0 spiro atoms. The Bertz CT molecular complexity index is 869. The van der Waals surface area contributed by atoms with E-state index < -0.39 is 17.4 Å². The predicted molar refractivity (Wildman–Crippen MR) is 101 cm³/mol. The van der Waals surface area contributed by atoms with Crippen molar-refractivity contribution < 1.29 is 23.8 Å². The van der Waals surface area contributed by atoms with E-state index in [0.717, 1.165) is 24.0 Å². The predicted octanol–water partition coefficient (Wildman–Crippen LogP) is 1.79. The van der Waals surface area contributed by atoms with Gasteiger partial charge in [0.1, 0.15) is 17.2 Å². The van der Waals surface area contributed by atoms with Gasteiger partial charge in [0.05, 0.1) is 13.7 Å². The smallest absolute Gasteiger partial charge is 0.309 e. The molecule has 6 nitrogen and oxygen atoms in total. The maximum atomic E-state index is 12.9. The molecule has 0 heterocycles. The fraction of sp³-hybridized carbons (Fsp3) is 0.333. The summed E-state index contributed by atoms with van der Waals surface area (Å²) in [5, 5.41) is 16.0. The largest absolute Gasteiger partial charge is 0.497 e. The fourth-order valence-corrected chi connectivity index (χ4v) is 3.42. The first-order valence-electron chi connectivity index (χ1n) is 9.11. The number of rotatable bonds is 5. The van der Waals surface area contributed by atoms with Crippen LogP contribution in [0.25, 0.3) is 0 Å². The number of methoxy groups -OCH3 is 1. The van der Waals surface area contributed by atoms with Crippen molar-refractivity contribution in [1.29, 1.82) is 0 Å². The van der Waals surface area contributed by atoms with Crippen LogP contribution >= 0.6 is 0 Å². The minimum atomic E-state index is -1.23. The summed E-state index contributed by atoms with van der Waals surface area (Å²) >= 11 is 0. The van der Waals surface area contributed by atoms with E-state index >= 15 is 0 Å². The number of amides is 2. The van der Waals surface area contributed by atoms with E-state index in [2.05, 4.69) is 10.6 Å². The van der Waals surface area contributed by atoms with Gasteiger partial charge < -0.3 is 20.5 Å².